The summed E-state index contributed by atoms with van der Waals surface area (Å²) in [5.41, 5.74) is -1.12. The number of hydrogen-bond donors (Lipinski definition) is 0. The van der Waals surface area contributed by atoms with Crippen molar-refractivity contribution in [3.8, 4) is 16.9 Å². The van der Waals surface area contributed by atoms with E-state index in [0.29, 0.717) is 30.2 Å². The van der Waals surface area contributed by atoms with Crippen molar-refractivity contribution in [1.29, 1.82) is 0 Å². The number of allylic oxidation sites excluding steroid dienone is 1. The number of esters is 1. The molecule has 0 unspecified atom stereocenters. The van der Waals surface area contributed by atoms with Gasteiger partial charge in [0, 0.05) is 23.8 Å². The lowest BCUT2D eigenvalue weighted by atomic mass is 9.77. The van der Waals surface area contributed by atoms with E-state index in [1.54, 1.807) is 12.1 Å². The largest absolute Gasteiger partial charge is 0.423 e. The summed E-state index contributed by atoms with van der Waals surface area (Å²) in [4.78, 5) is 12.6. The minimum absolute atomic E-state index is 0.181. The van der Waals surface area contributed by atoms with E-state index >= 15 is 0 Å². The van der Waals surface area contributed by atoms with Gasteiger partial charge in [-0.25, -0.2) is 22.4 Å². The van der Waals surface area contributed by atoms with E-state index in [2.05, 4.69) is 6.92 Å². The third-order valence-corrected chi connectivity index (χ3v) is 7.19. The highest BCUT2D eigenvalue weighted by Gasteiger charge is 2.25. The fourth-order valence-corrected chi connectivity index (χ4v) is 5.20. The van der Waals surface area contributed by atoms with Gasteiger partial charge in [0.25, 0.3) is 0 Å². The van der Waals surface area contributed by atoms with Crippen molar-refractivity contribution in [2.75, 3.05) is 0 Å². The van der Waals surface area contributed by atoms with Gasteiger partial charge < -0.3 is 4.74 Å². The summed E-state index contributed by atoms with van der Waals surface area (Å²) in [6.07, 6.45) is 1.96. The Kier molecular flexibility index (Phi) is 9.01. The molecule has 3 aromatic carbocycles. The Hall–Kier alpha value is -3.62. The van der Waals surface area contributed by atoms with Crippen LogP contribution in [0.2, 0.25) is 0 Å². The average molecular weight is 565 g/mol. The molecule has 1 aliphatic rings. The third-order valence-electron chi connectivity index (χ3n) is 7.19. The van der Waals surface area contributed by atoms with Gasteiger partial charge >= 0.3 is 12.1 Å². The van der Waals surface area contributed by atoms with Gasteiger partial charge in [0.05, 0.1) is 11.1 Å². The molecule has 1 fully saturated rings. The number of ether oxygens (including phenoxy) is 1. The second kappa shape index (κ2) is 12.3. The molecule has 0 radical (unpaired) electrons. The molecule has 0 amide bonds. The molecule has 0 saturated heterocycles. The monoisotopic (exact) mass is 564 g/mol. The zero-order chi connectivity index (χ0) is 29.0. The van der Waals surface area contributed by atoms with Crippen LogP contribution in [0.1, 0.15) is 72.9 Å². The van der Waals surface area contributed by atoms with Gasteiger partial charge in [-0.1, -0.05) is 31.9 Å². The van der Waals surface area contributed by atoms with Crippen LogP contribution in [0.15, 0.2) is 54.6 Å². The molecule has 9 heteroatoms. The minimum Gasteiger partial charge on any atom is -0.423 e. The quantitative estimate of drug-likeness (QED) is 0.162. The maximum atomic E-state index is 14.8. The van der Waals surface area contributed by atoms with Gasteiger partial charge in [-0.2, -0.15) is 13.2 Å². The Bertz CT molecular complexity index is 1340. The van der Waals surface area contributed by atoms with Crippen molar-refractivity contribution in [3.63, 3.8) is 0 Å². The minimum atomic E-state index is -4.81. The number of rotatable bonds is 7. The van der Waals surface area contributed by atoms with Gasteiger partial charge in [-0.15, -0.1) is 0 Å². The van der Waals surface area contributed by atoms with E-state index in [1.807, 2.05) is 12.1 Å². The maximum Gasteiger partial charge on any atom is 0.409 e. The zero-order valence-electron chi connectivity index (χ0n) is 21.6. The van der Waals surface area contributed by atoms with E-state index in [0.717, 1.165) is 24.3 Å². The van der Waals surface area contributed by atoms with Crippen LogP contribution in [0.25, 0.3) is 17.2 Å². The first-order valence-electron chi connectivity index (χ1n) is 13.0. The third kappa shape index (κ3) is 7.11. The fraction of sp³-hybridized carbons (Fsp3) is 0.323. The molecular weight excluding hydrogens is 537 g/mol. The lowest BCUT2D eigenvalue weighted by Crippen LogP contribution is -2.14. The number of benzene rings is 3. The molecule has 0 aliphatic heterocycles. The topological polar surface area (TPSA) is 26.3 Å². The molecule has 3 aromatic rings. The highest BCUT2D eigenvalue weighted by atomic mass is 19.4. The molecule has 2 nitrogen and oxygen atoms in total. The number of carbonyl (C=O) groups excluding carboxylic acids is 1. The summed E-state index contributed by atoms with van der Waals surface area (Å²) in [6.45, 7) is 2.19. The van der Waals surface area contributed by atoms with E-state index in [4.69, 9.17) is 4.74 Å². The zero-order valence-corrected chi connectivity index (χ0v) is 21.6. The smallest absolute Gasteiger partial charge is 0.409 e. The van der Waals surface area contributed by atoms with Gasteiger partial charge in [0.15, 0.2) is 0 Å². The normalized spacial score (nSPS) is 17.8. The second-order valence-corrected chi connectivity index (χ2v) is 10.0. The molecule has 0 heterocycles. The maximum absolute atomic E-state index is 14.8. The first-order chi connectivity index (χ1) is 18.9. The summed E-state index contributed by atoms with van der Waals surface area (Å²) < 4.78 is 100. The van der Waals surface area contributed by atoms with Crippen LogP contribution < -0.4 is 4.74 Å². The number of halogens is 7. The Morgan fingerprint density at radius 2 is 1.45 bits per heavy atom. The molecule has 1 saturated carbocycles. The molecule has 0 aromatic heterocycles. The summed E-state index contributed by atoms with van der Waals surface area (Å²) in [5.74, 6) is -5.58. The van der Waals surface area contributed by atoms with Crippen molar-refractivity contribution in [2.45, 2.75) is 57.5 Å². The number of alkyl halides is 3. The second-order valence-electron chi connectivity index (χ2n) is 10.0. The van der Waals surface area contributed by atoms with Crippen LogP contribution in [0, 0.1) is 29.2 Å². The van der Waals surface area contributed by atoms with E-state index in [9.17, 15) is 35.5 Å². The summed E-state index contributed by atoms with van der Waals surface area (Å²) in [5, 5.41) is 0. The molecule has 0 atom stereocenters. The summed E-state index contributed by atoms with van der Waals surface area (Å²) in [6, 6.07) is 9.30. The Morgan fingerprint density at radius 3 is 1.98 bits per heavy atom. The van der Waals surface area contributed by atoms with Gasteiger partial charge in [0.2, 0.25) is 0 Å². The van der Waals surface area contributed by atoms with Gasteiger partial charge in [0.1, 0.15) is 29.0 Å². The molecule has 0 spiro atoms. The highest BCUT2D eigenvalue weighted by Crippen LogP contribution is 2.38. The van der Waals surface area contributed by atoms with Crippen molar-refractivity contribution in [3.05, 3.63) is 94.6 Å². The summed E-state index contributed by atoms with van der Waals surface area (Å²) >= 11 is 0. The molecular formula is C31H27F7O2. The molecule has 4 rings (SSSR count). The standard InChI is InChI=1S/C31H27F7O2/c1-2-3-18-4-6-19(7-5-18)20-8-10-21(11-9-20)30(39)40-23-16-27(34)29(28(35)17-23)22-14-25(32)24(26(33)15-22)12-13-31(36,37)38/h8-19H,2-7H2,1H3. The molecule has 1 aliphatic carbocycles. The van der Waals surface area contributed by atoms with E-state index in [-0.39, 0.29) is 17.7 Å². The van der Waals surface area contributed by atoms with Crippen LogP contribution >= 0.6 is 0 Å². The van der Waals surface area contributed by atoms with Gasteiger partial charge in [-0.05, 0) is 79.0 Å². The molecule has 212 valence electrons. The van der Waals surface area contributed by atoms with Crippen LogP contribution in [0.3, 0.4) is 0 Å². The van der Waals surface area contributed by atoms with Crippen LogP contribution in [-0.4, -0.2) is 12.1 Å². The van der Waals surface area contributed by atoms with E-state index < -0.39 is 57.9 Å². The van der Waals surface area contributed by atoms with Gasteiger partial charge in [-0.3, -0.25) is 0 Å². The van der Waals surface area contributed by atoms with Crippen molar-refractivity contribution < 1.29 is 40.3 Å². The lowest BCUT2D eigenvalue weighted by Gasteiger charge is -2.28. The van der Waals surface area contributed by atoms with Crippen molar-refractivity contribution in [2.24, 2.45) is 5.92 Å². The van der Waals surface area contributed by atoms with E-state index in [1.165, 1.54) is 25.7 Å². The SMILES string of the molecule is CCCC1CCC(c2ccc(C(=O)Oc3cc(F)c(-c4cc(F)c(C=CC(F)(F)F)c(F)c4)c(F)c3)cc2)CC1. The van der Waals surface area contributed by atoms with Crippen molar-refractivity contribution in [1.82, 2.24) is 0 Å². The molecule has 0 bridgehead atoms. The molecule has 40 heavy (non-hydrogen) atoms. The fourth-order valence-electron chi connectivity index (χ4n) is 5.20. The Balaban J connectivity index is 1.47. The number of carbonyl (C=O) groups is 1. The lowest BCUT2D eigenvalue weighted by molar-refractivity contribution is -0.0790. The molecule has 0 N–H and O–H groups in total. The first-order valence-corrected chi connectivity index (χ1v) is 13.0. The average Bonchev–Trinajstić information content (AvgIpc) is 2.88. The predicted octanol–water partition coefficient (Wildman–Crippen LogP) is 9.78. The highest BCUT2D eigenvalue weighted by molar-refractivity contribution is 5.91. The Labute approximate surface area is 227 Å². The summed E-state index contributed by atoms with van der Waals surface area (Å²) in [7, 11) is 0. The van der Waals surface area contributed by atoms with Crippen molar-refractivity contribution >= 4 is 12.0 Å². The van der Waals surface area contributed by atoms with Crippen LogP contribution in [0.4, 0.5) is 30.7 Å². The predicted molar refractivity (Wildman–Crippen MR) is 138 cm³/mol. The first kappa shape index (κ1) is 29.4. The Morgan fingerprint density at radius 1 is 0.875 bits per heavy atom. The van der Waals surface area contributed by atoms with Crippen LogP contribution in [-0.2, 0) is 0 Å². The van der Waals surface area contributed by atoms with Crippen LogP contribution in [0.5, 0.6) is 5.75 Å². The number of hydrogen-bond acceptors (Lipinski definition) is 2.